The van der Waals surface area contributed by atoms with Crippen LogP contribution >= 0.6 is 0 Å². The predicted octanol–water partition coefficient (Wildman–Crippen LogP) is 7.68. The van der Waals surface area contributed by atoms with E-state index in [1.807, 2.05) is 13.8 Å². The average Bonchev–Trinajstić information content (AvgIpc) is 3.00. The standard InChI is InChI=1S/C18H18.C12H20O5.C5H10O2/c1-3-13(2)18-16-10-6-4-8-14(16)12-15-9-5-7-11-17(15)18;1-5-9(4)12(15)17-7-10(13)6-16-11(14)8(2)3;1-3-4(2)5(6)7/h4-13H,3H2,1-2H3;9-10,13H,2,5-7H2,1,3-4H3;4H,3H2,1-2H3,(H,6,7). The highest BCUT2D eigenvalue weighted by Gasteiger charge is 2.16. The molecule has 0 fully saturated rings. The van der Waals surface area contributed by atoms with Crippen LogP contribution in [0.5, 0.6) is 0 Å². The second-order valence-electron chi connectivity index (χ2n) is 10.7. The van der Waals surface area contributed by atoms with Crippen LogP contribution in [0.15, 0.2) is 66.7 Å². The molecule has 0 radical (unpaired) electrons. The number of carbonyl (C=O) groups is 3. The van der Waals surface area contributed by atoms with Crippen molar-refractivity contribution in [2.45, 2.75) is 79.8 Å². The highest BCUT2D eigenvalue weighted by molar-refractivity contribution is 6.02. The van der Waals surface area contributed by atoms with Gasteiger partial charge in [-0.3, -0.25) is 9.59 Å². The lowest BCUT2D eigenvalue weighted by atomic mass is 9.88. The first kappa shape index (κ1) is 36.3. The summed E-state index contributed by atoms with van der Waals surface area (Å²) in [5.41, 5.74) is 1.76. The monoisotopic (exact) mass is 580 g/mol. The van der Waals surface area contributed by atoms with E-state index in [-0.39, 0.29) is 36.6 Å². The molecule has 2 N–H and O–H groups in total. The SMILES string of the molecule is C=C(C)C(=O)OCC(O)COC(=O)C(C)CC.CCC(C)C(=O)O.CCC(C)c1c2ccccc2cc2ccccc12. The number of ether oxygens (including phenoxy) is 2. The third-order valence-corrected chi connectivity index (χ3v) is 7.14. The van der Waals surface area contributed by atoms with Crippen molar-refractivity contribution in [1.29, 1.82) is 0 Å². The van der Waals surface area contributed by atoms with Gasteiger partial charge in [0.1, 0.15) is 19.3 Å². The Morgan fingerprint density at radius 1 is 0.786 bits per heavy atom. The molecule has 0 aromatic heterocycles. The van der Waals surface area contributed by atoms with Crippen molar-refractivity contribution in [2.75, 3.05) is 13.2 Å². The molecule has 42 heavy (non-hydrogen) atoms. The van der Waals surface area contributed by atoms with Gasteiger partial charge in [-0.15, -0.1) is 0 Å². The first-order chi connectivity index (χ1) is 19.9. The number of hydrogen-bond donors (Lipinski definition) is 2. The molecule has 4 atom stereocenters. The van der Waals surface area contributed by atoms with Crippen molar-refractivity contribution in [3.8, 4) is 0 Å². The lowest BCUT2D eigenvalue weighted by Crippen LogP contribution is -2.27. The van der Waals surface area contributed by atoms with Crippen LogP contribution < -0.4 is 0 Å². The molecule has 3 aromatic rings. The topological polar surface area (TPSA) is 110 Å². The summed E-state index contributed by atoms with van der Waals surface area (Å²) in [5, 5.41) is 23.1. The maximum Gasteiger partial charge on any atom is 0.333 e. The van der Waals surface area contributed by atoms with E-state index in [9.17, 15) is 19.5 Å². The van der Waals surface area contributed by atoms with E-state index in [1.165, 1.54) is 40.5 Å². The van der Waals surface area contributed by atoms with Gasteiger partial charge in [-0.2, -0.15) is 0 Å². The smallest absolute Gasteiger partial charge is 0.333 e. The van der Waals surface area contributed by atoms with Crippen LogP contribution in [0.4, 0.5) is 0 Å². The summed E-state index contributed by atoms with van der Waals surface area (Å²) in [6.07, 6.45) is 1.57. The number of fused-ring (bicyclic) bond motifs is 2. The van der Waals surface area contributed by atoms with Gasteiger partial charge in [0.05, 0.1) is 11.8 Å². The number of aliphatic hydroxyl groups is 1. The number of aliphatic carboxylic acids is 1. The van der Waals surface area contributed by atoms with Crippen molar-refractivity contribution in [2.24, 2.45) is 11.8 Å². The molecule has 0 saturated carbocycles. The van der Waals surface area contributed by atoms with E-state index < -0.39 is 18.0 Å². The van der Waals surface area contributed by atoms with Gasteiger partial charge in [0.2, 0.25) is 0 Å². The minimum atomic E-state index is -1.01. The van der Waals surface area contributed by atoms with Gasteiger partial charge in [0.25, 0.3) is 0 Å². The quantitative estimate of drug-likeness (QED) is 0.136. The molecule has 3 aromatic carbocycles. The van der Waals surface area contributed by atoms with Crippen LogP contribution in [0.25, 0.3) is 21.5 Å². The molecule has 0 aliphatic heterocycles. The van der Waals surface area contributed by atoms with Gasteiger partial charge in [-0.1, -0.05) is 96.7 Å². The molecule has 0 aliphatic carbocycles. The van der Waals surface area contributed by atoms with E-state index in [0.29, 0.717) is 12.3 Å². The fourth-order valence-electron chi connectivity index (χ4n) is 3.79. The molecule has 7 nitrogen and oxygen atoms in total. The normalized spacial score (nSPS) is 13.3. The van der Waals surface area contributed by atoms with Gasteiger partial charge in [-0.05, 0) is 65.3 Å². The molecular weight excluding hydrogens is 532 g/mol. The van der Waals surface area contributed by atoms with Crippen LogP contribution in [-0.2, 0) is 23.9 Å². The Kier molecular flexibility index (Phi) is 16.1. The molecule has 0 amide bonds. The first-order valence-electron chi connectivity index (χ1n) is 14.7. The Hall–Kier alpha value is -3.71. The third-order valence-electron chi connectivity index (χ3n) is 7.14. The van der Waals surface area contributed by atoms with Crippen LogP contribution in [0.1, 0.15) is 79.2 Å². The predicted molar refractivity (Wildman–Crippen MR) is 169 cm³/mol. The second kappa shape index (κ2) is 18.7. The fraction of sp³-hybridized carbons (Fsp3) is 0.457. The highest BCUT2D eigenvalue weighted by atomic mass is 16.6. The van der Waals surface area contributed by atoms with Gasteiger partial charge in [0.15, 0.2) is 0 Å². The molecular formula is C35H48O7. The highest BCUT2D eigenvalue weighted by Crippen LogP contribution is 2.34. The Balaban J connectivity index is 0.000000345. The third kappa shape index (κ3) is 11.6. The van der Waals surface area contributed by atoms with Crippen molar-refractivity contribution in [1.82, 2.24) is 0 Å². The van der Waals surface area contributed by atoms with E-state index >= 15 is 0 Å². The van der Waals surface area contributed by atoms with Crippen LogP contribution in [0.3, 0.4) is 0 Å². The van der Waals surface area contributed by atoms with E-state index in [4.69, 9.17) is 14.6 Å². The summed E-state index contributed by atoms with van der Waals surface area (Å²) in [7, 11) is 0. The summed E-state index contributed by atoms with van der Waals surface area (Å²) < 4.78 is 9.55. The molecule has 230 valence electrons. The van der Waals surface area contributed by atoms with Crippen LogP contribution in [0, 0.1) is 11.8 Å². The molecule has 0 spiro atoms. The summed E-state index contributed by atoms with van der Waals surface area (Å²) >= 11 is 0. The molecule has 4 unspecified atom stereocenters. The van der Waals surface area contributed by atoms with E-state index in [2.05, 4.69) is 75.0 Å². The molecule has 0 aliphatic rings. The van der Waals surface area contributed by atoms with Crippen molar-refractivity contribution >= 4 is 39.5 Å². The maximum absolute atomic E-state index is 11.3. The Morgan fingerprint density at radius 3 is 1.67 bits per heavy atom. The number of carbonyl (C=O) groups excluding carboxylic acids is 2. The largest absolute Gasteiger partial charge is 0.481 e. The molecule has 0 bridgehead atoms. The van der Waals surface area contributed by atoms with Gasteiger partial charge in [0, 0.05) is 5.57 Å². The maximum atomic E-state index is 11.3. The summed E-state index contributed by atoms with van der Waals surface area (Å²) in [6.45, 7) is 16.3. The van der Waals surface area contributed by atoms with Crippen molar-refractivity contribution in [3.63, 3.8) is 0 Å². The number of hydrogen-bond acceptors (Lipinski definition) is 6. The van der Waals surface area contributed by atoms with E-state index in [1.54, 1.807) is 13.8 Å². The first-order valence-corrected chi connectivity index (χ1v) is 14.7. The number of aliphatic hydroxyl groups excluding tert-OH is 1. The van der Waals surface area contributed by atoms with Crippen molar-refractivity contribution in [3.05, 3.63) is 72.3 Å². The van der Waals surface area contributed by atoms with Gasteiger partial charge in [-0.25, -0.2) is 4.79 Å². The zero-order valence-electron chi connectivity index (χ0n) is 26.2. The zero-order chi connectivity index (χ0) is 31.8. The summed E-state index contributed by atoms with van der Waals surface area (Å²) in [5.74, 6) is -1.42. The molecule has 3 rings (SSSR count). The summed E-state index contributed by atoms with van der Waals surface area (Å²) in [4.78, 5) is 32.2. The van der Waals surface area contributed by atoms with E-state index in [0.717, 1.165) is 6.42 Å². The van der Waals surface area contributed by atoms with Gasteiger partial charge < -0.3 is 19.7 Å². The number of esters is 2. The molecule has 7 heteroatoms. The fourth-order valence-corrected chi connectivity index (χ4v) is 3.79. The average molecular weight is 581 g/mol. The minimum Gasteiger partial charge on any atom is -0.481 e. The van der Waals surface area contributed by atoms with Crippen LogP contribution in [0.2, 0.25) is 0 Å². The van der Waals surface area contributed by atoms with Gasteiger partial charge >= 0.3 is 17.9 Å². The number of rotatable bonds is 11. The molecule has 0 heterocycles. The lowest BCUT2D eigenvalue weighted by Gasteiger charge is -2.16. The lowest BCUT2D eigenvalue weighted by molar-refractivity contribution is -0.153. The van der Waals surface area contributed by atoms with Crippen molar-refractivity contribution < 1.29 is 34.1 Å². The number of carboxylic acids is 1. The minimum absolute atomic E-state index is 0.174. The number of benzene rings is 3. The Bertz CT molecular complexity index is 1260. The zero-order valence-corrected chi connectivity index (χ0v) is 26.2. The Labute approximate surface area is 250 Å². The number of carboxylic acid groups (broad SMARTS) is 1. The Morgan fingerprint density at radius 2 is 1.26 bits per heavy atom. The summed E-state index contributed by atoms with van der Waals surface area (Å²) in [6, 6.07) is 19.8. The molecule has 0 saturated heterocycles. The van der Waals surface area contributed by atoms with Crippen LogP contribution in [-0.4, -0.2) is 47.4 Å². The second-order valence-corrected chi connectivity index (χ2v) is 10.7.